The number of methoxy groups -OCH3 is 2. The maximum atomic E-state index is 13.3. The maximum Gasteiger partial charge on any atom is 0.300 e. The third-order valence-electron chi connectivity index (χ3n) is 5.63. The summed E-state index contributed by atoms with van der Waals surface area (Å²) in [6.45, 7) is 1.78. The summed E-state index contributed by atoms with van der Waals surface area (Å²) in [7, 11) is 2.92. The van der Waals surface area contributed by atoms with Crippen molar-refractivity contribution in [2.45, 2.75) is 13.0 Å². The Kier molecular flexibility index (Phi) is 6.22. The summed E-state index contributed by atoms with van der Waals surface area (Å²) in [5.41, 5.74) is 1.63. The molecule has 1 heterocycles. The van der Waals surface area contributed by atoms with Crippen LogP contribution in [-0.4, -0.2) is 36.1 Å². The molecule has 8 heteroatoms. The molecule has 0 saturated carbocycles. The number of phenols is 1. The fourth-order valence-corrected chi connectivity index (χ4v) is 4.46. The second-order valence-electron chi connectivity index (χ2n) is 7.79. The van der Waals surface area contributed by atoms with Crippen LogP contribution in [0.3, 0.4) is 0 Å². The highest BCUT2D eigenvalue weighted by molar-refractivity contribution is 6.51. The largest absolute Gasteiger partial charge is 0.508 e. The van der Waals surface area contributed by atoms with Crippen molar-refractivity contribution < 1.29 is 29.3 Å². The molecule has 1 unspecified atom stereocenters. The topological polar surface area (TPSA) is 96.3 Å². The summed E-state index contributed by atoms with van der Waals surface area (Å²) in [4.78, 5) is 27.8. The normalized spacial score (nSPS) is 17.2. The van der Waals surface area contributed by atoms with E-state index in [4.69, 9.17) is 21.1 Å². The van der Waals surface area contributed by atoms with E-state index < -0.39 is 23.5 Å². The SMILES string of the molecule is COc1ccc(N2C(=O)C(=O)/C(=C(/O)c3cc(C)cc(Cl)c3OC)C2c2cccc(O)c2)cc1. The zero-order valence-corrected chi connectivity index (χ0v) is 19.5. The van der Waals surface area contributed by atoms with Crippen LogP contribution in [0.5, 0.6) is 17.2 Å². The predicted molar refractivity (Wildman–Crippen MR) is 129 cm³/mol. The second kappa shape index (κ2) is 9.11. The van der Waals surface area contributed by atoms with Crippen molar-refractivity contribution in [3.63, 3.8) is 0 Å². The van der Waals surface area contributed by atoms with E-state index in [0.29, 0.717) is 17.0 Å². The van der Waals surface area contributed by atoms with Gasteiger partial charge in [0.15, 0.2) is 0 Å². The van der Waals surface area contributed by atoms with E-state index >= 15 is 0 Å². The highest BCUT2D eigenvalue weighted by Gasteiger charge is 2.47. The number of aromatic hydroxyl groups is 1. The lowest BCUT2D eigenvalue weighted by Gasteiger charge is -2.26. The van der Waals surface area contributed by atoms with E-state index in [0.717, 1.165) is 5.56 Å². The molecule has 3 aromatic rings. The fraction of sp³-hybridized carbons (Fsp3) is 0.154. The van der Waals surface area contributed by atoms with Gasteiger partial charge in [-0.15, -0.1) is 0 Å². The number of hydrogen-bond donors (Lipinski definition) is 2. The Morgan fingerprint density at radius 1 is 1.00 bits per heavy atom. The number of phenolic OH excluding ortho intramolecular Hbond substituents is 1. The zero-order valence-electron chi connectivity index (χ0n) is 18.7. The molecular weight excluding hydrogens is 458 g/mol. The number of ketones is 1. The van der Waals surface area contributed by atoms with Crippen molar-refractivity contribution in [1.29, 1.82) is 0 Å². The maximum absolute atomic E-state index is 13.3. The zero-order chi connectivity index (χ0) is 24.6. The molecule has 1 saturated heterocycles. The van der Waals surface area contributed by atoms with Crippen LogP contribution in [-0.2, 0) is 9.59 Å². The number of Topliss-reactive ketones (excluding diaryl/α,β-unsaturated/α-hetero) is 1. The number of halogens is 1. The lowest BCUT2D eigenvalue weighted by atomic mass is 9.94. The number of ether oxygens (including phenoxy) is 2. The average molecular weight is 480 g/mol. The highest BCUT2D eigenvalue weighted by atomic mass is 35.5. The molecule has 4 rings (SSSR count). The van der Waals surface area contributed by atoms with Crippen LogP contribution < -0.4 is 14.4 Å². The summed E-state index contributed by atoms with van der Waals surface area (Å²) in [6, 6.07) is 15.1. The lowest BCUT2D eigenvalue weighted by Crippen LogP contribution is -2.29. The molecule has 1 amide bonds. The van der Waals surface area contributed by atoms with Crippen molar-refractivity contribution in [1.82, 2.24) is 0 Å². The Bertz CT molecular complexity index is 1320. The molecule has 0 radical (unpaired) electrons. The number of rotatable bonds is 5. The number of carbonyl (C=O) groups excluding carboxylic acids is 2. The number of aliphatic hydroxyl groups excluding tert-OH is 1. The summed E-state index contributed by atoms with van der Waals surface area (Å²) in [6.07, 6.45) is 0. The van der Waals surface area contributed by atoms with Crippen LogP contribution in [0.25, 0.3) is 5.76 Å². The van der Waals surface area contributed by atoms with Gasteiger partial charge in [0.05, 0.1) is 36.4 Å². The Labute approximate surface area is 201 Å². The molecule has 0 aromatic heterocycles. The first-order valence-electron chi connectivity index (χ1n) is 10.3. The van der Waals surface area contributed by atoms with Gasteiger partial charge in [-0.25, -0.2) is 0 Å². The molecule has 7 nitrogen and oxygen atoms in total. The lowest BCUT2D eigenvalue weighted by molar-refractivity contribution is -0.132. The summed E-state index contributed by atoms with van der Waals surface area (Å²) < 4.78 is 10.6. The van der Waals surface area contributed by atoms with Crippen molar-refractivity contribution in [3.8, 4) is 17.2 Å². The van der Waals surface area contributed by atoms with Crippen LogP contribution in [0.2, 0.25) is 5.02 Å². The van der Waals surface area contributed by atoms with Gasteiger partial charge >= 0.3 is 0 Å². The first-order valence-corrected chi connectivity index (χ1v) is 10.7. The Balaban J connectivity index is 1.99. The van der Waals surface area contributed by atoms with Gasteiger partial charge in [0.2, 0.25) is 0 Å². The molecule has 0 aliphatic carbocycles. The van der Waals surface area contributed by atoms with Gasteiger partial charge in [-0.2, -0.15) is 0 Å². The van der Waals surface area contributed by atoms with Gasteiger partial charge in [-0.3, -0.25) is 14.5 Å². The molecule has 1 aliphatic rings. The van der Waals surface area contributed by atoms with Gasteiger partial charge in [-0.1, -0.05) is 23.7 Å². The molecule has 0 bridgehead atoms. The van der Waals surface area contributed by atoms with Crippen molar-refractivity contribution >= 4 is 34.7 Å². The quantitative estimate of drug-likeness (QED) is 0.304. The molecular formula is C26H22ClNO6. The Morgan fingerprint density at radius 2 is 1.71 bits per heavy atom. The van der Waals surface area contributed by atoms with Crippen LogP contribution in [0.1, 0.15) is 22.7 Å². The van der Waals surface area contributed by atoms with Gasteiger partial charge in [-0.05, 0) is 66.6 Å². The van der Waals surface area contributed by atoms with Gasteiger partial charge < -0.3 is 19.7 Å². The van der Waals surface area contributed by atoms with Gasteiger partial charge in [0.1, 0.15) is 23.0 Å². The van der Waals surface area contributed by atoms with Crippen molar-refractivity contribution in [2.24, 2.45) is 0 Å². The Hall–Kier alpha value is -3.97. The number of benzene rings is 3. The average Bonchev–Trinajstić information content (AvgIpc) is 3.08. The molecule has 0 spiro atoms. The Morgan fingerprint density at radius 3 is 2.32 bits per heavy atom. The van der Waals surface area contributed by atoms with Crippen LogP contribution in [0.15, 0.2) is 66.2 Å². The number of carbonyl (C=O) groups is 2. The van der Waals surface area contributed by atoms with Crippen LogP contribution in [0, 0.1) is 6.92 Å². The molecule has 1 aliphatic heterocycles. The number of hydrogen-bond acceptors (Lipinski definition) is 6. The number of anilines is 1. The third-order valence-corrected chi connectivity index (χ3v) is 5.91. The fourth-order valence-electron chi connectivity index (χ4n) is 4.11. The number of amides is 1. The van der Waals surface area contributed by atoms with E-state index in [2.05, 4.69) is 0 Å². The van der Waals surface area contributed by atoms with E-state index in [-0.39, 0.29) is 27.7 Å². The molecule has 1 atom stereocenters. The minimum absolute atomic E-state index is 0.0472. The standard InChI is InChI=1S/C26H22ClNO6/c1-14-11-19(25(34-3)20(27)12-14)23(30)21-22(15-5-4-6-17(29)13-15)28(26(32)24(21)31)16-7-9-18(33-2)10-8-16/h4-13,22,29-30H,1-3H3/b23-21+. The third kappa shape index (κ3) is 3.95. The molecule has 174 valence electrons. The molecule has 3 aromatic carbocycles. The van der Waals surface area contributed by atoms with Crippen LogP contribution in [0.4, 0.5) is 5.69 Å². The summed E-state index contributed by atoms with van der Waals surface area (Å²) >= 11 is 6.31. The predicted octanol–water partition coefficient (Wildman–Crippen LogP) is 5.00. The molecule has 1 fully saturated rings. The van der Waals surface area contributed by atoms with Gasteiger partial charge in [0.25, 0.3) is 11.7 Å². The summed E-state index contributed by atoms with van der Waals surface area (Å²) in [5.74, 6) is -1.42. The summed E-state index contributed by atoms with van der Waals surface area (Å²) in [5, 5.41) is 21.7. The minimum atomic E-state index is -1.01. The van der Waals surface area contributed by atoms with Crippen molar-refractivity contribution in [2.75, 3.05) is 19.1 Å². The first kappa shape index (κ1) is 23.2. The van der Waals surface area contributed by atoms with E-state index in [1.807, 2.05) is 0 Å². The van der Waals surface area contributed by atoms with Gasteiger partial charge in [0, 0.05) is 5.69 Å². The van der Waals surface area contributed by atoms with E-state index in [1.165, 1.54) is 31.3 Å². The first-order chi connectivity index (χ1) is 16.3. The second-order valence-corrected chi connectivity index (χ2v) is 8.20. The number of nitrogens with zero attached hydrogens (tertiary/aromatic N) is 1. The van der Waals surface area contributed by atoms with Crippen LogP contribution >= 0.6 is 11.6 Å². The number of aliphatic hydroxyl groups is 1. The monoisotopic (exact) mass is 479 g/mol. The van der Waals surface area contributed by atoms with Crippen molar-refractivity contribution in [3.05, 3.63) is 87.9 Å². The van der Waals surface area contributed by atoms with E-state index in [1.54, 1.807) is 55.5 Å². The highest BCUT2D eigenvalue weighted by Crippen LogP contribution is 2.45. The van der Waals surface area contributed by atoms with E-state index in [9.17, 15) is 19.8 Å². The molecule has 2 N–H and O–H groups in total. The number of aryl methyl sites for hydroxylation is 1. The minimum Gasteiger partial charge on any atom is -0.508 e. The molecule has 34 heavy (non-hydrogen) atoms. The smallest absolute Gasteiger partial charge is 0.300 e.